The molecule has 0 atom stereocenters. The molecular weight excluding hydrogens is 244 g/mol. The molecule has 0 bridgehead atoms. The fraction of sp³-hybridized carbons (Fsp3) is 0.0556. The van der Waals surface area contributed by atoms with Gasteiger partial charge in [-0.1, -0.05) is 48.6 Å². The van der Waals surface area contributed by atoms with Crippen LogP contribution in [0.4, 0.5) is 0 Å². The average Bonchev–Trinajstić information content (AvgIpc) is 2.92. The first kappa shape index (κ1) is 12.3. The first-order chi connectivity index (χ1) is 9.88. The molecule has 2 heteroatoms. The van der Waals surface area contributed by atoms with Gasteiger partial charge >= 0.3 is 0 Å². The van der Waals surface area contributed by atoms with Crippen LogP contribution >= 0.6 is 0 Å². The molecule has 1 heterocycles. The van der Waals surface area contributed by atoms with E-state index in [1.807, 2.05) is 48.7 Å². The molecule has 0 fully saturated rings. The van der Waals surface area contributed by atoms with Crippen LogP contribution in [0.2, 0.25) is 0 Å². The number of nitrogens with zero attached hydrogens (tertiary/aromatic N) is 2. The number of benzene rings is 2. The Bertz CT molecular complexity index is 789. The van der Waals surface area contributed by atoms with Crippen LogP contribution in [0.15, 0.2) is 66.9 Å². The van der Waals surface area contributed by atoms with Crippen LogP contribution in [0.3, 0.4) is 0 Å². The van der Waals surface area contributed by atoms with Gasteiger partial charge in [0.15, 0.2) is 0 Å². The lowest BCUT2D eigenvalue weighted by molar-refractivity contribution is 0.866. The second kappa shape index (κ2) is 5.46. The monoisotopic (exact) mass is 258 g/mol. The third-order valence-electron chi connectivity index (χ3n) is 3.35. The summed E-state index contributed by atoms with van der Waals surface area (Å²) < 4.78 is 2.15. The van der Waals surface area contributed by atoms with E-state index in [1.165, 1.54) is 5.56 Å². The molecule has 3 rings (SSSR count). The second-order valence-electron chi connectivity index (χ2n) is 4.63. The van der Waals surface area contributed by atoms with Gasteiger partial charge < -0.3 is 4.57 Å². The van der Waals surface area contributed by atoms with Gasteiger partial charge in [0.05, 0.1) is 11.6 Å². The van der Waals surface area contributed by atoms with E-state index in [0.29, 0.717) is 0 Å². The van der Waals surface area contributed by atoms with Crippen molar-refractivity contribution < 1.29 is 0 Å². The summed E-state index contributed by atoms with van der Waals surface area (Å²) in [4.78, 5) is 0. The summed E-state index contributed by atoms with van der Waals surface area (Å²) in [6.45, 7) is 0.799. The first-order valence-electron chi connectivity index (χ1n) is 6.58. The highest BCUT2D eigenvalue weighted by molar-refractivity contribution is 5.86. The maximum atomic E-state index is 9.10. The van der Waals surface area contributed by atoms with Gasteiger partial charge in [0.1, 0.15) is 0 Å². The summed E-state index contributed by atoms with van der Waals surface area (Å²) in [5, 5.41) is 10.1. The number of nitriles is 1. The zero-order valence-electron chi connectivity index (χ0n) is 11.0. The van der Waals surface area contributed by atoms with Crippen LogP contribution in [0.5, 0.6) is 0 Å². The SMILES string of the molecule is N#Cc1cccc2c1ccn2C/C=C/c1ccccc1. The molecule has 0 spiro atoms. The Hall–Kier alpha value is -2.79. The van der Waals surface area contributed by atoms with Crippen LogP contribution in [0.25, 0.3) is 17.0 Å². The number of hydrogen-bond acceptors (Lipinski definition) is 1. The molecule has 20 heavy (non-hydrogen) atoms. The minimum Gasteiger partial charge on any atom is -0.344 e. The van der Waals surface area contributed by atoms with Crippen molar-refractivity contribution in [1.29, 1.82) is 5.26 Å². The molecule has 0 aliphatic rings. The summed E-state index contributed by atoms with van der Waals surface area (Å²) in [6, 6.07) is 20.3. The van der Waals surface area contributed by atoms with Gasteiger partial charge in [-0.3, -0.25) is 0 Å². The van der Waals surface area contributed by atoms with E-state index in [-0.39, 0.29) is 0 Å². The number of allylic oxidation sites excluding steroid dienone is 1. The van der Waals surface area contributed by atoms with Crippen molar-refractivity contribution in [2.75, 3.05) is 0 Å². The Morgan fingerprint density at radius 2 is 1.85 bits per heavy atom. The lowest BCUT2D eigenvalue weighted by Gasteiger charge is -2.01. The molecule has 2 nitrogen and oxygen atoms in total. The van der Waals surface area contributed by atoms with E-state index in [0.717, 1.165) is 23.0 Å². The summed E-state index contributed by atoms with van der Waals surface area (Å²) in [6.07, 6.45) is 6.27. The molecule has 0 saturated carbocycles. The molecule has 0 saturated heterocycles. The predicted molar refractivity (Wildman–Crippen MR) is 82.1 cm³/mol. The van der Waals surface area contributed by atoms with Crippen molar-refractivity contribution in [3.63, 3.8) is 0 Å². The number of hydrogen-bond donors (Lipinski definition) is 0. The van der Waals surface area contributed by atoms with Crippen LogP contribution in [-0.4, -0.2) is 4.57 Å². The molecule has 3 aromatic rings. The second-order valence-corrected chi connectivity index (χ2v) is 4.63. The highest BCUT2D eigenvalue weighted by Crippen LogP contribution is 2.19. The summed E-state index contributed by atoms with van der Waals surface area (Å²) in [5.41, 5.74) is 3.02. The van der Waals surface area contributed by atoms with Crippen LogP contribution < -0.4 is 0 Å². The van der Waals surface area contributed by atoms with Gasteiger partial charge in [0.2, 0.25) is 0 Å². The van der Waals surface area contributed by atoms with Crippen LogP contribution in [0, 0.1) is 11.3 Å². The molecule has 0 aliphatic carbocycles. The minimum atomic E-state index is 0.730. The predicted octanol–water partition coefficient (Wildman–Crippen LogP) is 4.23. The van der Waals surface area contributed by atoms with Gasteiger partial charge in [0, 0.05) is 23.6 Å². The zero-order valence-corrected chi connectivity index (χ0v) is 11.0. The van der Waals surface area contributed by atoms with Gasteiger partial charge in [-0.2, -0.15) is 5.26 Å². The summed E-state index contributed by atoms with van der Waals surface area (Å²) >= 11 is 0. The maximum Gasteiger partial charge on any atom is 0.0998 e. The van der Waals surface area contributed by atoms with Crippen molar-refractivity contribution in [3.05, 3.63) is 78.0 Å². The van der Waals surface area contributed by atoms with E-state index in [9.17, 15) is 0 Å². The van der Waals surface area contributed by atoms with Crippen molar-refractivity contribution in [2.24, 2.45) is 0 Å². The Balaban J connectivity index is 1.86. The van der Waals surface area contributed by atoms with E-state index in [1.54, 1.807) is 0 Å². The highest BCUT2D eigenvalue weighted by atomic mass is 14.9. The molecule has 0 unspecified atom stereocenters. The van der Waals surface area contributed by atoms with Gasteiger partial charge in [-0.05, 0) is 23.8 Å². The lowest BCUT2D eigenvalue weighted by atomic mass is 10.1. The molecule has 0 amide bonds. The molecule has 0 N–H and O–H groups in total. The Kier molecular flexibility index (Phi) is 3.34. The van der Waals surface area contributed by atoms with E-state index in [2.05, 4.69) is 34.9 Å². The van der Waals surface area contributed by atoms with Crippen LogP contribution in [0.1, 0.15) is 11.1 Å². The topological polar surface area (TPSA) is 28.7 Å². The van der Waals surface area contributed by atoms with Crippen molar-refractivity contribution in [3.8, 4) is 6.07 Å². The molecule has 2 aromatic carbocycles. The normalized spacial score (nSPS) is 10.9. The van der Waals surface area contributed by atoms with Gasteiger partial charge in [0.25, 0.3) is 0 Å². The molecule has 0 aliphatic heterocycles. The van der Waals surface area contributed by atoms with E-state index < -0.39 is 0 Å². The standard InChI is InChI=1S/C18H14N2/c19-14-16-9-4-10-18-17(16)11-13-20(18)12-5-8-15-6-2-1-3-7-15/h1-11,13H,12H2/b8-5+. The third kappa shape index (κ3) is 2.34. The van der Waals surface area contributed by atoms with Crippen molar-refractivity contribution >= 4 is 17.0 Å². The lowest BCUT2D eigenvalue weighted by Crippen LogP contribution is -1.92. The molecular formula is C18H14N2. The Morgan fingerprint density at radius 1 is 1.00 bits per heavy atom. The minimum absolute atomic E-state index is 0.730. The van der Waals surface area contributed by atoms with Gasteiger partial charge in [-0.15, -0.1) is 0 Å². The smallest absolute Gasteiger partial charge is 0.0998 e. The van der Waals surface area contributed by atoms with Crippen molar-refractivity contribution in [2.45, 2.75) is 6.54 Å². The fourth-order valence-corrected chi connectivity index (χ4v) is 2.35. The maximum absolute atomic E-state index is 9.10. The third-order valence-corrected chi connectivity index (χ3v) is 3.35. The highest BCUT2D eigenvalue weighted by Gasteiger charge is 2.03. The zero-order chi connectivity index (χ0) is 13.8. The quantitative estimate of drug-likeness (QED) is 0.691. The number of aromatic nitrogens is 1. The average molecular weight is 258 g/mol. The van der Waals surface area contributed by atoms with E-state index >= 15 is 0 Å². The largest absolute Gasteiger partial charge is 0.344 e. The molecule has 96 valence electrons. The summed E-state index contributed by atoms with van der Waals surface area (Å²) in [5.74, 6) is 0. The summed E-state index contributed by atoms with van der Waals surface area (Å²) in [7, 11) is 0. The van der Waals surface area contributed by atoms with E-state index in [4.69, 9.17) is 5.26 Å². The molecule has 1 aromatic heterocycles. The van der Waals surface area contributed by atoms with Crippen LogP contribution in [-0.2, 0) is 6.54 Å². The number of rotatable bonds is 3. The van der Waals surface area contributed by atoms with Crippen molar-refractivity contribution in [1.82, 2.24) is 4.57 Å². The first-order valence-corrected chi connectivity index (χ1v) is 6.58. The number of fused-ring (bicyclic) bond motifs is 1. The molecule has 0 radical (unpaired) electrons. The fourth-order valence-electron chi connectivity index (χ4n) is 2.35. The Labute approximate surface area is 118 Å². The Morgan fingerprint density at radius 3 is 2.65 bits per heavy atom. The van der Waals surface area contributed by atoms with Gasteiger partial charge in [-0.25, -0.2) is 0 Å².